The van der Waals surface area contributed by atoms with Gasteiger partial charge in [-0.15, -0.1) is 0 Å². The van der Waals surface area contributed by atoms with Crippen molar-refractivity contribution in [1.82, 2.24) is 19.7 Å². The topological polar surface area (TPSA) is 60.7 Å². The van der Waals surface area contributed by atoms with E-state index in [0.29, 0.717) is 26.3 Å². The van der Waals surface area contributed by atoms with Crippen LogP contribution in [0, 0.1) is 0 Å². The van der Waals surface area contributed by atoms with Gasteiger partial charge in [-0.1, -0.05) is 47.1 Å². The van der Waals surface area contributed by atoms with E-state index >= 15 is 0 Å². The Bertz CT molecular complexity index is 1130. The Morgan fingerprint density at radius 3 is 2.59 bits per heavy atom. The van der Waals surface area contributed by atoms with Crippen molar-refractivity contribution >= 4 is 51.8 Å². The Morgan fingerprint density at radius 2 is 1.81 bits per heavy atom. The van der Waals surface area contributed by atoms with Crippen molar-refractivity contribution < 1.29 is 4.79 Å². The molecule has 5 nitrogen and oxygen atoms in total. The van der Waals surface area contributed by atoms with Crippen LogP contribution in [0.3, 0.4) is 0 Å². The van der Waals surface area contributed by atoms with Gasteiger partial charge in [-0.2, -0.15) is 5.10 Å². The molecular weight excluding hydrogens is 403 g/mol. The van der Waals surface area contributed by atoms with Crippen LogP contribution in [0.1, 0.15) is 10.4 Å². The predicted molar refractivity (Wildman–Crippen MR) is 108 cm³/mol. The molecule has 2 aromatic heterocycles. The quantitative estimate of drug-likeness (QED) is 0.258. The molecule has 0 saturated carbocycles. The maximum absolute atomic E-state index is 12.5. The molecule has 0 N–H and O–H groups in total. The van der Waals surface area contributed by atoms with Crippen molar-refractivity contribution in [2.75, 3.05) is 5.75 Å². The molecule has 0 aliphatic rings. The molecule has 27 heavy (non-hydrogen) atoms. The van der Waals surface area contributed by atoms with Gasteiger partial charge in [0.1, 0.15) is 11.4 Å². The average Bonchev–Trinajstić information content (AvgIpc) is 3.12. The Hall–Kier alpha value is -2.41. The number of halogens is 2. The fraction of sp³-hybridized carbons (Fsp3) is 0.0526. The van der Waals surface area contributed by atoms with Gasteiger partial charge in [0, 0.05) is 10.6 Å². The molecule has 0 radical (unpaired) electrons. The Labute approximate surface area is 169 Å². The maximum atomic E-state index is 12.5. The second-order valence-corrected chi connectivity index (χ2v) is 7.45. The molecule has 0 aliphatic carbocycles. The number of aromatic nitrogens is 4. The van der Waals surface area contributed by atoms with E-state index in [9.17, 15) is 4.79 Å². The van der Waals surface area contributed by atoms with Crippen LogP contribution in [0.5, 0.6) is 0 Å². The van der Waals surface area contributed by atoms with Gasteiger partial charge in [-0.25, -0.2) is 14.6 Å². The number of carbonyl (C=O) groups is 1. The first-order valence-corrected chi connectivity index (χ1v) is 9.73. The predicted octanol–water partition coefficient (Wildman–Crippen LogP) is 5.10. The molecule has 8 heteroatoms. The summed E-state index contributed by atoms with van der Waals surface area (Å²) in [7, 11) is 0. The third-order valence-electron chi connectivity index (χ3n) is 3.91. The first kappa shape index (κ1) is 18.0. The number of hydrogen-bond donors (Lipinski definition) is 0. The van der Waals surface area contributed by atoms with Crippen LogP contribution < -0.4 is 0 Å². The molecule has 0 atom stereocenters. The van der Waals surface area contributed by atoms with Crippen LogP contribution in [0.4, 0.5) is 0 Å². The molecule has 0 aliphatic heterocycles. The SMILES string of the molecule is O=C(CSc1ncnc2c1cnn2-c1ccc(Cl)cc1)c1ccccc1Cl. The van der Waals surface area contributed by atoms with E-state index in [0.717, 1.165) is 11.1 Å². The van der Waals surface area contributed by atoms with Crippen molar-refractivity contribution in [3.8, 4) is 5.69 Å². The zero-order chi connectivity index (χ0) is 18.8. The van der Waals surface area contributed by atoms with Crippen molar-refractivity contribution in [2.24, 2.45) is 0 Å². The highest BCUT2D eigenvalue weighted by molar-refractivity contribution is 8.00. The minimum atomic E-state index is -0.0533. The van der Waals surface area contributed by atoms with Gasteiger partial charge in [0.05, 0.1) is 28.0 Å². The largest absolute Gasteiger partial charge is 0.293 e. The molecule has 4 rings (SSSR count). The minimum absolute atomic E-state index is 0.0533. The summed E-state index contributed by atoms with van der Waals surface area (Å²) in [5, 5.41) is 6.99. The first-order valence-electron chi connectivity index (χ1n) is 7.98. The molecule has 0 fully saturated rings. The summed E-state index contributed by atoms with van der Waals surface area (Å²) in [6.07, 6.45) is 3.17. The third-order valence-corrected chi connectivity index (χ3v) is 5.50. The lowest BCUT2D eigenvalue weighted by Gasteiger charge is -2.05. The third kappa shape index (κ3) is 3.69. The molecule has 0 spiro atoms. The molecule has 0 saturated heterocycles. The van der Waals surface area contributed by atoms with Crippen LogP contribution in [0.2, 0.25) is 10.0 Å². The lowest BCUT2D eigenvalue weighted by atomic mass is 10.1. The van der Waals surface area contributed by atoms with Crippen LogP contribution in [-0.4, -0.2) is 31.3 Å². The Kier molecular flexibility index (Phi) is 5.11. The number of fused-ring (bicyclic) bond motifs is 1. The zero-order valence-corrected chi connectivity index (χ0v) is 16.2. The summed E-state index contributed by atoms with van der Waals surface area (Å²) in [6.45, 7) is 0. The maximum Gasteiger partial charge on any atom is 0.174 e. The highest BCUT2D eigenvalue weighted by atomic mass is 35.5. The van der Waals surface area contributed by atoms with Crippen molar-refractivity contribution in [3.05, 3.63) is 76.7 Å². The van der Waals surface area contributed by atoms with E-state index in [2.05, 4.69) is 15.1 Å². The highest BCUT2D eigenvalue weighted by Crippen LogP contribution is 2.27. The first-order chi connectivity index (χ1) is 13.1. The zero-order valence-electron chi connectivity index (χ0n) is 13.8. The lowest BCUT2D eigenvalue weighted by molar-refractivity contribution is 0.102. The number of benzene rings is 2. The molecule has 134 valence electrons. The summed E-state index contributed by atoms with van der Waals surface area (Å²) in [6, 6.07) is 14.3. The van der Waals surface area contributed by atoms with Gasteiger partial charge in [0.15, 0.2) is 11.4 Å². The van der Waals surface area contributed by atoms with E-state index in [1.807, 2.05) is 12.1 Å². The molecule has 0 unspecified atom stereocenters. The van der Waals surface area contributed by atoms with Crippen LogP contribution in [0.25, 0.3) is 16.7 Å². The van der Waals surface area contributed by atoms with Crippen molar-refractivity contribution in [2.45, 2.75) is 5.03 Å². The summed E-state index contributed by atoms with van der Waals surface area (Å²) in [5.74, 6) is 0.171. The Morgan fingerprint density at radius 1 is 1.04 bits per heavy atom. The van der Waals surface area contributed by atoms with Gasteiger partial charge in [0.2, 0.25) is 0 Å². The molecule has 4 aromatic rings. The second-order valence-electron chi connectivity index (χ2n) is 5.64. The van der Waals surface area contributed by atoms with E-state index < -0.39 is 0 Å². The number of rotatable bonds is 5. The fourth-order valence-electron chi connectivity index (χ4n) is 2.61. The number of hydrogen-bond acceptors (Lipinski definition) is 5. The highest BCUT2D eigenvalue weighted by Gasteiger charge is 2.15. The van der Waals surface area contributed by atoms with Crippen LogP contribution >= 0.6 is 35.0 Å². The van der Waals surface area contributed by atoms with Gasteiger partial charge >= 0.3 is 0 Å². The van der Waals surface area contributed by atoms with Crippen molar-refractivity contribution in [1.29, 1.82) is 0 Å². The average molecular weight is 415 g/mol. The molecule has 0 amide bonds. The summed E-state index contributed by atoms with van der Waals surface area (Å²) >= 11 is 13.4. The molecular formula is C19H12Cl2N4OS. The van der Waals surface area contributed by atoms with E-state index in [1.165, 1.54) is 18.1 Å². The van der Waals surface area contributed by atoms with Gasteiger partial charge in [-0.05, 0) is 36.4 Å². The van der Waals surface area contributed by atoms with E-state index in [-0.39, 0.29) is 11.5 Å². The van der Waals surface area contributed by atoms with E-state index in [4.69, 9.17) is 23.2 Å². The number of carbonyl (C=O) groups excluding carboxylic acids is 1. The molecule has 0 bridgehead atoms. The van der Waals surface area contributed by atoms with Crippen LogP contribution in [0.15, 0.2) is 66.1 Å². The van der Waals surface area contributed by atoms with Crippen LogP contribution in [-0.2, 0) is 0 Å². The monoisotopic (exact) mass is 414 g/mol. The number of thioether (sulfide) groups is 1. The summed E-state index contributed by atoms with van der Waals surface area (Å²) < 4.78 is 1.72. The lowest BCUT2D eigenvalue weighted by Crippen LogP contribution is -2.03. The minimum Gasteiger partial charge on any atom is -0.293 e. The Balaban J connectivity index is 1.61. The standard InChI is InChI=1S/C19H12Cl2N4OS/c20-12-5-7-13(8-6-12)25-18-15(9-24-25)19(23-11-22-18)27-10-17(26)14-3-1-2-4-16(14)21/h1-9,11H,10H2. The number of nitrogens with zero attached hydrogens (tertiary/aromatic N) is 4. The number of Topliss-reactive ketones (excluding diaryl/α,β-unsaturated/α-hetero) is 1. The van der Waals surface area contributed by atoms with Gasteiger partial charge in [-0.3, -0.25) is 4.79 Å². The van der Waals surface area contributed by atoms with Crippen molar-refractivity contribution in [3.63, 3.8) is 0 Å². The second kappa shape index (κ2) is 7.68. The molecule has 2 heterocycles. The normalized spacial score (nSPS) is 11.0. The number of ketones is 1. The summed E-state index contributed by atoms with van der Waals surface area (Å²) in [4.78, 5) is 21.1. The summed E-state index contributed by atoms with van der Waals surface area (Å²) in [5.41, 5.74) is 2.02. The van der Waals surface area contributed by atoms with Gasteiger partial charge < -0.3 is 0 Å². The molecule has 2 aromatic carbocycles. The smallest absolute Gasteiger partial charge is 0.174 e. The van der Waals surface area contributed by atoms with Gasteiger partial charge in [0.25, 0.3) is 0 Å². The van der Waals surface area contributed by atoms with E-state index in [1.54, 1.807) is 47.3 Å². The fourth-order valence-corrected chi connectivity index (χ4v) is 3.82.